The number of carbonyl (C=O) groups excluding carboxylic acids is 2. The normalized spacial score (nSPS) is 15.6. The summed E-state index contributed by atoms with van der Waals surface area (Å²) >= 11 is 0. The van der Waals surface area contributed by atoms with E-state index in [0.29, 0.717) is 5.56 Å². The van der Waals surface area contributed by atoms with Gasteiger partial charge >= 0.3 is 5.97 Å². The molecule has 29 heavy (non-hydrogen) atoms. The second-order valence-corrected chi connectivity index (χ2v) is 6.90. The van der Waals surface area contributed by atoms with Crippen LogP contribution >= 0.6 is 0 Å². The van der Waals surface area contributed by atoms with Gasteiger partial charge in [-0.1, -0.05) is 12.1 Å². The maximum absolute atomic E-state index is 13.6. The largest absolute Gasteiger partial charge is 0.449 e. The summed E-state index contributed by atoms with van der Waals surface area (Å²) in [6.45, 7) is 5.60. The molecule has 0 aromatic heterocycles. The van der Waals surface area contributed by atoms with Gasteiger partial charge in [-0.15, -0.1) is 0 Å². The summed E-state index contributed by atoms with van der Waals surface area (Å²) in [7, 11) is 0. The van der Waals surface area contributed by atoms with Gasteiger partial charge in [-0.2, -0.15) is 0 Å². The number of hydrogen-bond donors (Lipinski definition) is 2. The van der Waals surface area contributed by atoms with Gasteiger partial charge in [0.25, 0.3) is 5.91 Å². The standard InChI is InChI=1S/C21H22F2N2O4/c1-14(20(26)24-19-12-17(22)6-7-18(19)23)29-21(27)16-4-2-15(3-5-16)13-25-8-10-28-11-9-25/h2-7,12,14H,8-11,13H2,1H3,(H,24,26)/p+1/t14-/m0/s1. The Hall–Kier alpha value is -2.84. The Morgan fingerprint density at radius 3 is 2.52 bits per heavy atom. The predicted octanol–water partition coefficient (Wildman–Crippen LogP) is 1.56. The van der Waals surface area contributed by atoms with E-state index >= 15 is 0 Å². The molecular weight excluding hydrogens is 382 g/mol. The number of ether oxygens (including phenoxy) is 2. The van der Waals surface area contributed by atoms with E-state index in [-0.39, 0.29) is 5.69 Å². The summed E-state index contributed by atoms with van der Waals surface area (Å²) in [4.78, 5) is 25.8. The van der Waals surface area contributed by atoms with Gasteiger partial charge in [-0.3, -0.25) is 4.79 Å². The van der Waals surface area contributed by atoms with Crippen LogP contribution in [-0.4, -0.2) is 44.3 Å². The summed E-state index contributed by atoms with van der Waals surface area (Å²) in [5, 5.41) is 2.22. The Labute approximate surface area is 167 Å². The van der Waals surface area contributed by atoms with Crippen LogP contribution in [0.1, 0.15) is 22.8 Å². The number of esters is 1. The van der Waals surface area contributed by atoms with E-state index in [9.17, 15) is 18.4 Å². The lowest BCUT2D eigenvalue weighted by Gasteiger charge is -2.23. The first-order valence-electron chi connectivity index (χ1n) is 9.39. The van der Waals surface area contributed by atoms with Crippen molar-refractivity contribution in [1.82, 2.24) is 0 Å². The summed E-state index contributed by atoms with van der Waals surface area (Å²) in [5.41, 5.74) is 1.08. The van der Waals surface area contributed by atoms with Crippen LogP contribution in [0.15, 0.2) is 42.5 Å². The maximum Gasteiger partial charge on any atom is 0.338 e. The number of anilines is 1. The number of benzene rings is 2. The van der Waals surface area contributed by atoms with E-state index in [2.05, 4.69) is 5.32 Å². The van der Waals surface area contributed by atoms with Crippen molar-refractivity contribution in [3.63, 3.8) is 0 Å². The lowest BCUT2D eigenvalue weighted by atomic mass is 10.1. The zero-order valence-electron chi connectivity index (χ0n) is 16.0. The number of carbonyl (C=O) groups is 2. The smallest absolute Gasteiger partial charge is 0.338 e. The molecule has 1 heterocycles. The molecule has 0 radical (unpaired) electrons. The number of nitrogens with one attached hydrogen (secondary N) is 2. The zero-order chi connectivity index (χ0) is 20.8. The number of rotatable bonds is 6. The number of quaternary nitrogens is 1. The van der Waals surface area contributed by atoms with Crippen LogP contribution in [0.4, 0.5) is 14.5 Å². The van der Waals surface area contributed by atoms with Crippen LogP contribution in [0.3, 0.4) is 0 Å². The molecule has 0 spiro atoms. The number of hydrogen-bond acceptors (Lipinski definition) is 4. The molecule has 0 aliphatic carbocycles. The van der Waals surface area contributed by atoms with Gasteiger partial charge in [0.15, 0.2) is 6.10 Å². The van der Waals surface area contributed by atoms with E-state index in [4.69, 9.17) is 9.47 Å². The lowest BCUT2D eigenvalue weighted by molar-refractivity contribution is -0.921. The molecule has 0 unspecified atom stereocenters. The average molecular weight is 405 g/mol. The number of halogens is 2. The minimum atomic E-state index is -1.18. The van der Waals surface area contributed by atoms with Gasteiger partial charge in [-0.25, -0.2) is 13.6 Å². The van der Waals surface area contributed by atoms with Gasteiger partial charge in [0.2, 0.25) is 0 Å². The Kier molecular flexibility index (Phi) is 6.90. The molecule has 1 amide bonds. The SMILES string of the molecule is C[C@H](OC(=O)c1ccc(C[NH+]2CCOCC2)cc1)C(=O)Nc1cc(F)ccc1F. The monoisotopic (exact) mass is 405 g/mol. The van der Waals surface area contributed by atoms with Crippen LogP contribution in [0, 0.1) is 11.6 Å². The summed E-state index contributed by atoms with van der Waals surface area (Å²) < 4.78 is 37.3. The molecule has 1 atom stereocenters. The Morgan fingerprint density at radius 2 is 1.83 bits per heavy atom. The molecule has 2 N–H and O–H groups in total. The van der Waals surface area contributed by atoms with Crippen molar-refractivity contribution in [3.05, 3.63) is 65.2 Å². The fourth-order valence-electron chi connectivity index (χ4n) is 2.99. The molecule has 2 aromatic rings. The molecule has 2 aromatic carbocycles. The second kappa shape index (κ2) is 9.58. The topological polar surface area (TPSA) is 69.1 Å². The molecule has 0 bridgehead atoms. The molecule has 1 fully saturated rings. The first-order chi connectivity index (χ1) is 13.9. The molecule has 154 valence electrons. The van der Waals surface area contributed by atoms with Crippen molar-refractivity contribution in [2.45, 2.75) is 19.6 Å². The molecule has 3 rings (SSSR count). The summed E-state index contributed by atoms with van der Waals surface area (Å²) in [6.07, 6.45) is -1.18. The maximum atomic E-state index is 13.6. The molecule has 1 aliphatic heterocycles. The number of morpholine rings is 1. The van der Waals surface area contributed by atoms with Crippen LogP contribution < -0.4 is 10.2 Å². The average Bonchev–Trinajstić information content (AvgIpc) is 2.72. The van der Waals surface area contributed by atoms with E-state index in [0.717, 1.165) is 56.6 Å². The highest BCUT2D eigenvalue weighted by molar-refractivity contribution is 5.97. The third-order valence-corrected chi connectivity index (χ3v) is 4.68. The predicted molar refractivity (Wildman–Crippen MR) is 102 cm³/mol. The fraction of sp³-hybridized carbons (Fsp3) is 0.333. The quantitative estimate of drug-likeness (QED) is 0.716. The Bertz CT molecular complexity index is 867. The van der Waals surface area contributed by atoms with Crippen molar-refractivity contribution in [2.75, 3.05) is 31.6 Å². The summed E-state index contributed by atoms with van der Waals surface area (Å²) in [5.74, 6) is -2.89. The highest BCUT2D eigenvalue weighted by Gasteiger charge is 2.21. The van der Waals surface area contributed by atoms with E-state index in [1.807, 2.05) is 12.1 Å². The van der Waals surface area contributed by atoms with E-state index < -0.39 is 29.6 Å². The van der Waals surface area contributed by atoms with Crippen molar-refractivity contribution < 1.29 is 32.7 Å². The minimum absolute atomic E-state index is 0.308. The van der Waals surface area contributed by atoms with Crippen molar-refractivity contribution in [1.29, 1.82) is 0 Å². The molecule has 6 nitrogen and oxygen atoms in total. The highest BCUT2D eigenvalue weighted by Crippen LogP contribution is 2.16. The van der Waals surface area contributed by atoms with Crippen molar-refractivity contribution >= 4 is 17.6 Å². The fourth-order valence-corrected chi connectivity index (χ4v) is 2.99. The van der Waals surface area contributed by atoms with E-state index in [1.165, 1.54) is 11.8 Å². The Morgan fingerprint density at radius 1 is 1.14 bits per heavy atom. The number of amides is 1. The third-order valence-electron chi connectivity index (χ3n) is 4.68. The van der Waals surface area contributed by atoms with Gasteiger partial charge in [0, 0.05) is 11.6 Å². The Balaban J connectivity index is 1.54. The first kappa shape index (κ1) is 20.9. The van der Waals surface area contributed by atoms with E-state index in [1.54, 1.807) is 12.1 Å². The second-order valence-electron chi connectivity index (χ2n) is 6.90. The van der Waals surface area contributed by atoms with Gasteiger partial charge < -0.3 is 19.7 Å². The van der Waals surface area contributed by atoms with Crippen LogP contribution in [0.5, 0.6) is 0 Å². The summed E-state index contributed by atoms with van der Waals surface area (Å²) in [6, 6.07) is 9.71. The molecule has 8 heteroatoms. The van der Waals surface area contributed by atoms with Crippen molar-refractivity contribution in [2.24, 2.45) is 0 Å². The third kappa shape index (κ3) is 5.82. The highest BCUT2D eigenvalue weighted by atomic mass is 19.1. The molecule has 1 saturated heterocycles. The molecular formula is C21H23F2N2O4+. The molecule has 0 saturated carbocycles. The minimum Gasteiger partial charge on any atom is -0.449 e. The van der Waals surface area contributed by atoms with Gasteiger partial charge in [-0.05, 0) is 31.2 Å². The molecule has 1 aliphatic rings. The van der Waals surface area contributed by atoms with Crippen molar-refractivity contribution in [3.8, 4) is 0 Å². The van der Waals surface area contributed by atoms with Crippen LogP contribution in [0.25, 0.3) is 0 Å². The van der Waals surface area contributed by atoms with Crippen LogP contribution in [0.2, 0.25) is 0 Å². The van der Waals surface area contributed by atoms with Gasteiger partial charge in [0.1, 0.15) is 31.3 Å². The first-order valence-corrected chi connectivity index (χ1v) is 9.39. The zero-order valence-corrected chi connectivity index (χ0v) is 16.0. The van der Waals surface area contributed by atoms with Crippen LogP contribution in [-0.2, 0) is 20.8 Å². The van der Waals surface area contributed by atoms with Gasteiger partial charge in [0.05, 0.1) is 24.5 Å². The lowest BCUT2D eigenvalue weighted by Crippen LogP contribution is -3.12.